The third-order valence-corrected chi connectivity index (χ3v) is 4.25. The zero-order valence-corrected chi connectivity index (χ0v) is 15.4. The van der Waals surface area contributed by atoms with Crippen molar-refractivity contribution in [2.24, 2.45) is 0 Å². The van der Waals surface area contributed by atoms with Gasteiger partial charge >= 0.3 is 0 Å². The van der Waals surface area contributed by atoms with E-state index in [2.05, 4.69) is 36.5 Å². The summed E-state index contributed by atoms with van der Waals surface area (Å²) < 4.78 is 5.79. The van der Waals surface area contributed by atoms with Gasteiger partial charge in [-0.2, -0.15) is 0 Å². The normalized spacial score (nSPS) is 13.2. The lowest BCUT2D eigenvalue weighted by Gasteiger charge is -2.21. The van der Waals surface area contributed by atoms with E-state index in [0.717, 1.165) is 17.5 Å². The monoisotopic (exact) mass is 345 g/mol. The SMILES string of the molecule is CCC(NC(=O)C(C)Oc1ccc(Cl)cc1C)c1ccc(C)cc1. The van der Waals surface area contributed by atoms with Gasteiger partial charge in [-0.1, -0.05) is 48.4 Å². The molecule has 0 aliphatic heterocycles. The highest BCUT2D eigenvalue weighted by molar-refractivity contribution is 6.30. The van der Waals surface area contributed by atoms with Gasteiger partial charge in [0, 0.05) is 5.02 Å². The number of hydrogen-bond acceptors (Lipinski definition) is 2. The van der Waals surface area contributed by atoms with Gasteiger partial charge in [-0.3, -0.25) is 4.79 Å². The van der Waals surface area contributed by atoms with Gasteiger partial charge in [0.15, 0.2) is 6.10 Å². The minimum Gasteiger partial charge on any atom is -0.481 e. The predicted molar refractivity (Wildman–Crippen MR) is 98.6 cm³/mol. The van der Waals surface area contributed by atoms with E-state index in [0.29, 0.717) is 10.8 Å². The zero-order valence-electron chi connectivity index (χ0n) is 14.6. The summed E-state index contributed by atoms with van der Waals surface area (Å²) in [6, 6.07) is 13.6. The van der Waals surface area contributed by atoms with Crippen molar-refractivity contribution in [3.05, 3.63) is 64.2 Å². The van der Waals surface area contributed by atoms with Crippen LogP contribution >= 0.6 is 11.6 Å². The van der Waals surface area contributed by atoms with Crippen molar-refractivity contribution in [1.29, 1.82) is 0 Å². The maximum atomic E-state index is 12.5. The number of rotatable bonds is 6. The Balaban J connectivity index is 2.02. The summed E-state index contributed by atoms with van der Waals surface area (Å²) in [7, 11) is 0. The average molecular weight is 346 g/mol. The highest BCUT2D eigenvalue weighted by Gasteiger charge is 2.20. The van der Waals surface area contributed by atoms with Crippen molar-refractivity contribution in [1.82, 2.24) is 5.32 Å². The predicted octanol–water partition coefficient (Wildman–Crippen LogP) is 4.99. The van der Waals surface area contributed by atoms with E-state index in [9.17, 15) is 4.79 Å². The number of ether oxygens (including phenoxy) is 1. The fraction of sp³-hybridized carbons (Fsp3) is 0.350. The van der Waals surface area contributed by atoms with Crippen molar-refractivity contribution in [3.8, 4) is 5.75 Å². The minimum absolute atomic E-state index is 0.0181. The molecule has 4 heteroatoms. The molecule has 0 bridgehead atoms. The summed E-state index contributed by atoms with van der Waals surface area (Å²) in [5.41, 5.74) is 3.22. The zero-order chi connectivity index (χ0) is 17.7. The third-order valence-electron chi connectivity index (χ3n) is 4.01. The fourth-order valence-electron chi connectivity index (χ4n) is 2.50. The first-order chi connectivity index (χ1) is 11.4. The molecule has 0 aliphatic carbocycles. The van der Waals surface area contributed by atoms with Crippen LogP contribution in [0.15, 0.2) is 42.5 Å². The summed E-state index contributed by atoms with van der Waals surface area (Å²) in [6.07, 6.45) is 0.242. The van der Waals surface area contributed by atoms with Crippen LogP contribution in [0.3, 0.4) is 0 Å². The van der Waals surface area contributed by atoms with E-state index in [1.54, 1.807) is 19.1 Å². The van der Waals surface area contributed by atoms with Crippen molar-refractivity contribution >= 4 is 17.5 Å². The number of amides is 1. The highest BCUT2D eigenvalue weighted by atomic mass is 35.5. The van der Waals surface area contributed by atoms with Gasteiger partial charge in [0.05, 0.1) is 6.04 Å². The van der Waals surface area contributed by atoms with Gasteiger partial charge in [-0.25, -0.2) is 0 Å². The van der Waals surface area contributed by atoms with Crippen LogP contribution in [-0.4, -0.2) is 12.0 Å². The molecule has 0 radical (unpaired) electrons. The molecule has 2 aromatic rings. The summed E-state index contributed by atoms with van der Waals surface area (Å²) in [6.45, 7) is 7.77. The molecule has 0 heterocycles. The van der Waals surface area contributed by atoms with Gasteiger partial charge in [0.2, 0.25) is 0 Å². The maximum Gasteiger partial charge on any atom is 0.261 e. The molecule has 0 aliphatic rings. The van der Waals surface area contributed by atoms with Crippen LogP contribution in [0, 0.1) is 13.8 Å². The lowest BCUT2D eigenvalue weighted by Crippen LogP contribution is -2.38. The molecule has 2 unspecified atom stereocenters. The molecule has 0 fully saturated rings. The van der Waals surface area contributed by atoms with Crippen LogP contribution in [0.2, 0.25) is 5.02 Å². The van der Waals surface area contributed by atoms with Gasteiger partial charge in [0.25, 0.3) is 5.91 Å². The van der Waals surface area contributed by atoms with Crippen molar-refractivity contribution in [2.45, 2.75) is 46.3 Å². The Morgan fingerprint density at radius 2 is 1.83 bits per heavy atom. The van der Waals surface area contributed by atoms with Gasteiger partial charge in [-0.05, 0) is 56.5 Å². The molecular weight excluding hydrogens is 322 g/mol. The van der Waals surface area contributed by atoms with Crippen LogP contribution in [0.1, 0.15) is 43.0 Å². The van der Waals surface area contributed by atoms with Crippen LogP contribution in [0.4, 0.5) is 0 Å². The molecule has 1 amide bonds. The van der Waals surface area contributed by atoms with Crippen molar-refractivity contribution in [2.75, 3.05) is 0 Å². The lowest BCUT2D eigenvalue weighted by atomic mass is 10.0. The van der Waals surface area contributed by atoms with E-state index in [1.807, 2.05) is 19.9 Å². The summed E-state index contributed by atoms with van der Waals surface area (Å²) in [5, 5.41) is 3.72. The number of carbonyl (C=O) groups is 1. The van der Waals surface area contributed by atoms with Gasteiger partial charge < -0.3 is 10.1 Å². The first-order valence-electron chi connectivity index (χ1n) is 8.20. The molecule has 1 N–H and O–H groups in total. The van der Waals surface area contributed by atoms with Crippen LogP contribution in [0.5, 0.6) is 5.75 Å². The molecule has 2 rings (SSSR count). The summed E-state index contributed by atoms with van der Waals surface area (Å²) in [5.74, 6) is 0.544. The van der Waals surface area contributed by atoms with E-state index >= 15 is 0 Å². The number of hydrogen-bond donors (Lipinski definition) is 1. The number of nitrogens with one attached hydrogen (secondary N) is 1. The number of benzene rings is 2. The number of halogens is 1. The Morgan fingerprint density at radius 1 is 1.17 bits per heavy atom. The summed E-state index contributed by atoms with van der Waals surface area (Å²) in [4.78, 5) is 12.5. The molecule has 128 valence electrons. The Morgan fingerprint density at radius 3 is 2.42 bits per heavy atom. The molecule has 0 spiro atoms. The Kier molecular flexibility index (Phi) is 6.27. The van der Waals surface area contributed by atoms with Gasteiger partial charge in [0.1, 0.15) is 5.75 Å². The van der Waals surface area contributed by atoms with E-state index in [1.165, 1.54) is 5.56 Å². The molecule has 24 heavy (non-hydrogen) atoms. The Bertz CT molecular complexity index is 697. The molecule has 0 saturated carbocycles. The second-order valence-corrected chi connectivity index (χ2v) is 6.49. The first-order valence-corrected chi connectivity index (χ1v) is 8.58. The first kappa shape index (κ1) is 18.3. The second kappa shape index (κ2) is 8.20. The van der Waals surface area contributed by atoms with E-state index in [4.69, 9.17) is 16.3 Å². The molecule has 2 atom stereocenters. The average Bonchev–Trinajstić information content (AvgIpc) is 2.55. The molecular formula is C20H24ClNO2. The molecule has 0 saturated heterocycles. The van der Waals surface area contributed by atoms with E-state index < -0.39 is 6.10 Å². The number of carbonyl (C=O) groups excluding carboxylic acids is 1. The summed E-state index contributed by atoms with van der Waals surface area (Å²) >= 11 is 5.95. The second-order valence-electron chi connectivity index (χ2n) is 6.05. The Hall–Kier alpha value is -2.00. The molecule has 0 aromatic heterocycles. The van der Waals surface area contributed by atoms with Crippen molar-refractivity contribution < 1.29 is 9.53 Å². The minimum atomic E-state index is -0.579. The van der Waals surface area contributed by atoms with Crippen molar-refractivity contribution in [3.63, 3.8) is 0 Å². The lowest BCUT2D eigenvalue weighted by molar-refractivity contribution is -0.128. The van der Waals surface area contributed by atoms with Crippen LogP contribution in [-0.2, 0) is 4.79 Å². The standard InChI is InChI=1S/C20H24ClNO2/c1-5-18(16-8-6-13(2)7-9-16)22-20(23)15(4)24-19-11-10-17(21)12-14(19)3/h6-12,15,18H,5H2,1-4H3,(H,22,23). The topological polar surface area (TPSA) is 38.3 Å². The maximum absolute atomic E-state index is 12.5. The quantitative estimate of drug-likeness (QED) is 0.800. The number of aryl methyl sites for hydroxylation is 2. The largest absolute Gasteiger partial charge is 0.481 e. The third kappa shape index (κ3) is 4.75. The molecule has 2 aromatic carbocycles. The van der Waals surface area contributed by atoms with E-state index in [-0.39, 0.29) is 11.9 Å². The van der Waals surface area contributed by atoms with Crippen LogP contribution < -0.4 is 10.1 Å². The molecule has 3 nitrogen and oxygen atoms in total. The van der Waals surface area contributed by atoms with Gasteiger partial charge in [-0.15, -0.1) is 0 Å². The fourth-order valence-corrected chi connectivity index (χ4v) is 2.72. The Labute approximate surface area is 149 Å². The smallest absolute Gasteiger partial charge is 0.261 e. The van der Waals surface area contributed by atoms with Crippen LogP contribution in [0.25, 0.3) is 0 Å². The highest BCUT2D eigenvalue weighted by Crippen LogP contribution is 2.23.